The van der Waals surface area contributed by atoms with Crippen molar-refractivity contribution in [3.05, 3.63) is 50.9 Å². The van der Waals surface area contributed by atoms with E-state index in [0.29, 0.717) is 0 Å². The van der Waals surface area contributed by atoms with Gasteiger partial charge in [0, 0.05) is 16.6 Å². The molecule has 2 aromatic carbocycles. The van der Waals surface area contributed by atoms with Crippen LogP contribution in [0.25, 0.3) is 10.8 Å². The summed E-state index contributed by atoms with van der Waals surface area (Å²) in [5.41, 5.74) is -3.26. The molecule has 2 rings (SSSR count). The van der Waals surface area contributed by atoms with Crippen LogP contribution in [0, 0.1) is 45.3 Å². The normalized spacial score (nSPS) is 14.6. The highest BCUT2D eigenvalue weighted by Crippen LogP contribution is 2.46. The molecule has 0 aliphatic rings. The van der Waals surface area contributed by atoms with E-state index >= 15 is 4.39 Å². The number of alkyl halides is 9. The van der Waals surface area contributed by atoms with Crippen molar-refractivity contribution in [2.45, 2.75) is 36.6 Å². The number of fused-ring (bicyclic) bond motifs is 1. The SMILES string of the molecule is O=S(=O)(CCC(F)(F)F)[C-](c1c(F)c(F)c2c(F)c(F)c(F)c(F)c2c1F)S(=O)(=O)C(CC(F)(F)F)C(F)(F)F. The second kappa shape index (κ2) is 10.3. The maximum absolute atomic E-state index is 15.2. The van der Waals surface area contributed by atoms with Gasteiger partial charge in [-0.05, 0) is 0 Å². The fourth-order valence-corrected chi connectivity index (χ4v) is 7.89. The highest BCUT2D eigenvalue weighted by molar-refractivity contribution is 8.13. The number of hydrogen-bond acceptors (Lipinski definition) is 4. The zero-order chi connectivity index (χ0) is 31.5. The van der Waals surface area contributed by atoms with E-state index in [2.05, 4.69) is 0 Å². The Balaban J connectivity index is 3.18. The molecule has 0 heterocycles. The van der Waals surface area contributed by atoms with Crippen LogP contribution in [-0.4, -0.2) is 46.4 Å². The summed E-state index contributed by atoms with van der Waals surface area (Å²) in [6, 6.07) is 0. The molecule has 0 aliphatic heterocycles. The zero-order valence-electron chi connectivity index (χ0n) is 18.2. The Kier molecular flexibility index (Phi) is 8.66. The van der Waals surface area contributed by atoms with Gasteiger partial charge in [-0.3, -0.25) is 8.78 Å². The molecule has 0 fully saturated rings. The van der Waals surface area contributed by atoms with E-state index in [1.54, 1.807) is 0 Å². The lowest BCUT2D eigenvalue weighted by Crippen LogP contribution is -2.45. The van der Waals surface area contributed by atoms with Crippen LogP contribution in [0.5, 0.6) is 0 Å². The number of sulfone groups is 2. The fraction of sp³-hybridized carbons (Fsp3) is 0.389. The largest absolute Gasteiger partial charge is 0.405 e. The first-order valence-corrected chi connectivity index (χ1v) is 12.7. The molecule has 0 aliphatic carbocycles. The molecule has 0 amide bonds. The summed E-state index contributed by atoms with van der Waals surface area (Å²) in [7, 11) is -14.3. The summed E-state index contributed by atoms with van der Waals surface area (Å²) in [5.74, 6) is -24.8. The summed E-state index contributed by atoms with van der Waals surface area (Å²) in [4.78, 5) is 0. The maximum atomic E-state index is 15.2. The smallest absolute Gasteiger partial charge is 0.283 e. The highest BCUT2D eigenvalue weighted by atomic mass is 32.3. The second-order valence-corrected chi connectivity index (χ2v) is 12.1. The minimum absolute atomic E-state index is 2.55. The van der Waals surface area contributed by atoms with Crippen molar-refractivity contribution in [3.8, 4) is 0 Å². The van der Waals surface area contributed by atoms with E-state index in [1.165, 1.54) is 0 Å². The summed E-state index contributed by atoms with van der Waals surface area (Å²) in [6.07, 6.45) is -24.8. The summed E-state index contributed by atoms with van der Waals surface area (Å²) in [5, 5.41) is -10.3. The van der Waals surface area contributed by atoms with Crippen molar-refractivity contribution < 1.29 is 87.1 Å². The molecule has 4 nitrogen and oxygen atoms in total. The lowest BCUT2D eigenvalue weighted by atomic mass is 10.0. The van der Waals surface area contributed by atoms with E-state index in [0.717, 1.165) is 0 Å². The third-order valence-electron chi connectivity index (χ3n) is 4.89. The molecule has 228 valence electrons. The van der Waals surface area contributed by atoms with Crippen molar-refractivity contribution in [2.24, 2.45) is 0 Å². The molecule has 0 N–H and O–H groups in total. The van der Waals surface area contributed by atoms with E-state index in [4.69, 9.17) is 0 Å². The first kappa shape index (κ1) is 33.6. The standard InChI is InChI=1S/C18H7F16O4S2/c19-8-5-6(11(22)14(25)13(24)10(5)21)9(20)12(23)7(8)15(39(35,36)2-1-16(26,27)28)40(37,38)4(18(32,33)34)3-17(29,30)31/h4H,1-3H2/q-1. The van der Waals surface area contributed by atoms with Crippen LogP contribution in [0.15, 0.2) is 0 Å². The third-order valence-corrected chi connectivity index (χ3v) is 9.77. The van der Waals surface area contributed by atoms with Gasteiger partial charge in [-0.1, -0.05) is 5.56 Å². The van der Waals surface area contributed by atoms with Gasteiger partial charge >= 0.3 is 18.5 Å². The first-order valence-electron chi connectivity index (χ1n) is 9.53. The van der Waals surface area contributed by atoms with Gasteiger partial charge in [0.2, 0.25) is 0 Å². The van der Waals surface area contributed by atoms with Crippen LogP contribution < -0.4 is 0 Å². The average Bonchev–Trinajstić information content (AvgIpc) is 2.76. The third kappa shape index (κ3) is 6.30. The molecular formula is C18H7F16O4S2-. The molecule has 2 aromatic rings. The lowest BCUT2D eigenvalue weighted by Gasteiger charge is -2.33. The van der Waals surface area contributed by atoms with E-state index < -0.39 is 124 Å². The average molecular weight is 655 g/mol. The molecule has 0 aromatic heterocycles. The Hall–Kier alpha value is -2.65. The Morgan fingerprint density at radius 2 is 0.975 bits per heavy atom. The van der Waals surface area contributed by atoms with Gasteiger partial charge in [0.1, 0.15) is 15.7 Å². The molecular weight excluding hydrogens is 648 g/mol. The molecule has 1 unspecified atom stereocenters. The minimum atomic E-state index is -7.52. The summed E-state index contributed by atoms with van der Waals surface area (Å²) >= 11 is 0. The van der Waals surface area contributed by atoms with E-state index in [9.17, 15) is 82.7 Å². The van der Waals surface area contributed by atoms with Gasteiger partial charge in [0.25, 0.3) is 0 Å². The Morgan fingerprint density at radius 1 is 0.575 bits per heavy atom. The Bertz CT molecular complexity index is 1540. The van der Waals surface area contributed by atoms with E-state index in [-0.39, 0.29) is 0 Å². The fourth-order valence-electron chi connectivity index (χ4n) is 3.22. The van der Waals surface area contributed by atoms with Crippen LogP contribution in [-0.2, 0) is 19.7 Å². The van der Waals surface area contributed by atoms with Gasteiger partial charge in [-0.25, -0.2) is 38.8 Å². The number of rotatable bonds is 7. The van der Waals surface area contributed by atoms with Crippen LogP contribution in [0.3, 0.4) is 0 Å². The van der Waals surface area contributed by atoms with Crippen LogP contribution in [0.2, 0.25) is 0 Å². The minimum Gasteiger partial charge on any atom is -0.283 e. The molecule has 0 spiro atoms. The van der Waals surface area contributed by atoms with Crippen molar-refractivity contribution in [1.29, 1.82) is 0 Å². The molecule has 1 atom stereocenters. The summed E-state index contributed by atoms with van der Waals surface area (Å²) in [6.45, 7) is 0. The molecule has 40 heavy (non-hydrogen) atoms. The van der Waals surface area contributed by atoms with Crippen LogP contribution in [0.4, 0.5) is 70.2 Å². The predicted octanol–water partition coefficient (Wildman–Crippen LogP) is 6.32. The van der Waals surface area contributed by atoms with Crippen molar-refractivity contribution in [3.63, 3.8) is 0 Å². The molecule has 0 bridgehead atoms. The molecule has 0 radical (unpaired) electrons. The van der Waals surface area contributed by atoms with Crippen molar-refractivity contribution >= 4 is 30.4 Å². The lowest BCUT2D eigenvalue weighted by molar-refractivity contribution is -0.179. The van der Waals surface area contributed by atoms with Gasteiger partial charge < -0.3 is 0 Å². The highest BCUT2D eigenvalue weighted by Gasteiger charge is 2.57. The second-order valence-electron chi connectivity index (χ2n) is 7.69. The maximum Gasteiger partial charge on any atom is 0.405 e. The van der Waals surface area contributed by atoms with Crippen molar-refractivity contribution in [1.82, 2.24) is 0 Å². The molecule has 22 heteroatoms. The Labute approximate surface area is 211 Å². The zero-order valence-corrected chi connectivity index (χ0v) is 19.8. The molecule has 0 saturated heterocycles. The monoisotopic (exact) mass is 655 g/mol. The molecule has 0 saturated carbocycles. The van der Waals surface area contributed by atoms with Crippen LogP contribution >= 0.6 is 0 Å². The van der Waals surface area contributed by atoms with Crippen molar-refractivity contribution in [2.75, 3.05) is 5.75 Å². The van der Waals surface area contributed by atoms with Gasteiger partial charge in [-0.2, -0.15) is 39.5 Å². The van der Waals surface area contributed by atoms with E-state index in [1.807, 2.05) is 0 Å². The van der Waals surface area contributed by atoms with Gasteiger partial charge in [0.15, 0.2) is 38.4 Å². The van der Waals surface area contributed by atoms with Crippen LogP contribution in [0.1, 0.15) is 18.4 Å². The quantitative estimate of drug-likeness (QED) is 0.152. The predicted molar refractivity (Wildman–Crippen MR) is 99.9 cm³/mol. The van der Waals surface area contributed by atoms with Gasteiger partial charge in [-0.15, -0.1) is 0 Å². The Morgan fingerprint density at radius 3 is 1.35 bits per heavy atom. The topological polar surface area (TPSA) is 68.3 Å². The summed E-state index contributed by atoms with van der Waals surface area (Å²) < 4.78 is 263. The number of hydrogen-bond donors (Lipinski definition) is 0. The first-order chi connectivity index (χ1) is 17.7. The van der Waals surface area contributed by atoms with Gasteiger partial charge in [0.05, 0.1) is 29.0 Å². The number of benzene rings is 2. The number of halogens is 16.